The Morgan fingerprint density at radius 2 is 0.869 bits per heavy atom. The van der Waals surface area contributed by atoms with E-state index in [1.807, 2.05) is 11.3 Å². The van der Waals surface area contributed by atoms with E-state index < -0.39 is 5.41 Å². The number of benzene rings is 10. The quantitative estimate of drug-likeness (QED) is 0.168. The maximum absolute atomic E-state index is 2.57. The van der Waals surface area contributed by atoms with Crippen molar-refractivity contribution < 1.29 is 0 Å². The molecule has 11 aromatic rings. The first-order chi connectivity index (χ1) is 30.3. The van der Waals surface area contributed by atoms with Gasteiger partial charge < -0.3 is 4.90 Å². The second-order valence-electron chi connectivity index (χ2n) is 16.3. The zero-order valence-corrected chi connectivity index (χ0v) is 34.0. The highest BCUT2D eigenvalue weighted by molar-refractivity contribution is 7.26. The molecule has 0 radical (unpaired) electrons. The van der Waals surface area contributed by atoms with Gasteiger partial charge in [-0.2, -0.15) is 0 Å². The summed E-state index contributed by atoms with van der Waals surface area (Å²) in [5, 5.41) is 5.06. The van der Waals surface area contributed by atoms with E-state index in [9.17, 15) is 0 Å². The largest absolute Gasteiger partial charge is 0.309 e. The monoisotopic (exact) mass is 791 g/mol. The van der Waals surface area contributed by atoms with Crippen molar-refractivity contribution in [1.82, 2.24) is 0 Å². The summed E-state index contributed by atoms with van der Waals surface area (Å²) < 4.78 is 2.61. The lowest BCUT2D eigenvalue weighted by atomic mass is 9.70. The van der Waals surface area contributed by atoms with Crippen LogP contribution in [0.3, 0.4) is 0 Å². The Hall–Kier alpha value is -7.52. The number of hydrogen-bond donors (Lipinski definition) is 0. The van der Waals surface area contributed by atoms with Crippen molar-refractivity contribution in [3.63, 3.8) is 0 Å². The van der Waals surface area contributed by atoms with Gasteiger partial charge in [0.25, 0.3) is 0 Å². The summed E-state index contributed by atoms with van der Waals surface area (Å²) in [7, 11) is 0. The molecule has 2 aliphatic rings. The molecular weight excluding hydrogens is 755 g/mol. The number of thiophene rings is 1. The molecule has 0 saturated carbocycles. The molecule has 2 aliphatic carbocycles. The third-order valence-corrected chi connectivity index (χ3v) is 14.5. The van der Waals surface area contributed by atoms with Crippen molar-refractivity contribution in [3.8, 4) is 44.5 Å². The van der Waals surface area contributed by atoms with Gasteiger partial charge in [0.15, 0.2) is 0 Å². The highest BCUT2D eigenvalue weighted by Crippen LogP contribution is 2.65. The third kappa shape index (κ3) is 4.88. The van der Waals surface area contributed by atoms with Gasteiger partial charge in [-0.25, -0.2) is 0 Å². The van der Waals surface area contributed by atoms with Gasteiger partial charge in [-0.15, -0.1) is 11.3 Å². The minimum Gasteiger partial charge on any atom is -0.309 e. The summed E-state index contributed by atoms with van der Waals surface area (Å²) in [5.41, 5.74) is 18.4. The van der Waals surface area contributed by atoms with E-state index in [1.165, 1.54) is 103 Å². The van der Waals surface area contributed by atoms with Gasteiger partial charge in [-0.1, -0.05) is 188 Å². The van der Waals surface area contributed by atoms with Crippen LogP contribution in [0.15, 0.2) is 224 Å². The summed E-state index contributed by atoms with van der Waals surface area (Å²) in [6.07, 6.45) is 0. The molecule has 13 rings (SSSR count). The minimum absolute atomic E-state index is 0.448. The van der Waals surface area contributed by atoms with Crippen LogP contribution in [0.4, 0.5) is 17.1 Å². The van der Waals surface area contributed by atoms with E-state index in [0.29, 0.717) is 0 Å². The fourth-order valence-electron chi connectivity index (χ4n) is 10.7. The fraction of sp³-hybridized carbons (Fsp3) is 0.0169. The van der Waals surface area contributed by atoms with Crippen LogP contribution in [0, 0.1) is 0 Å². The lowest BCUT2D eigenvalue weighted by molar-refractivity contribution is 0.794. The van der Waals surface area contributed by atoms with Crippen LogP contribution in [0.25, 0.3) is 75.5 Å². The zero-order chi connectivity index (χ0) is 40.1. The molecule has 284 valence electrons. The maximum Gasteiger partial charge on any atom is 0.0726 e. The summed E-state index contributed by atoms with van der Waals surface area (Å²) >= 11 is 1.90. The van der Waals surface area contributed by atoms with Crippen LogP contribution < -0.4 is 4.90 Å². The average molecular weight is 792 g/mol. The van der Waals surface area contributed by atoms with Crippen molar-refractivity contribution in [1.29, 1.82) is 0 Å². The van der Waals surface area contributed by atoms with Crippen LogP contribution in [0.2, 0.25) is 0 Å². The number of anilines is 3. The first-order valence-corrected chi connectivity index (χ1v) is 21.9. The summed E-state index contributed by atoms with van der Waals surface area (Å²) in [5.74, 6) is 0. The van der Waals surface area contributed by atoms with Crippen molar-refractivity contribution in [3.05, 3.63) is 247 Å². The molecule has 1 heterocycles. The highest BCUT2D eigenvalue weighted by Gasteiger charge is 2.52. The zero-order valence-electron chi connectivity index (χ0n) is 33.2. The number of rotatable bonds is 5. The van der Waals surface area contributed by atoms with Gasteiger partial charge >= 0.3 is 0 Å². The van der Waals surface area contributed by atoms with Crippen LogP contribution in [-0.4, -0.2) is 0 Å². The van der Waals surface area contributed by atoms with Crippen molar-refractivity contribution in [2.24, 2.45) is 0 Å². The van der Waals surface area contributed by atoms with Crippen molar-refractivity contribution in [2.45, 2.75) is 5.41 Å². The van der Waals surface area contributed by atoms with Crippen LogP contribution in [0.1, 0.15) is 22.3 Å². The van der Waals surface area contributed by atoms with E-state index in [2.05, 4.69) is 229 Å². The van der Waals surface area contributed by atoms with Gasteiger partial charge in [-0.3, -0.25) is 0 Å². The third-order valence-electron chi connectivity index (χ3n) is 13.3. The van der Waals surface area contributed by atoms with E-state index >= 15 is 0 Å². The highest BCUT2D eigenvalue weighted by atomic mass is 32.1. The molecule has 61 heavy (non-hydrogen) atoms. The van der Waals surface area contributed by atoms with Crippen LogP contribution >= 0.6 is 11.3 Å². The van der Waals surface area contributed by atoms with Gasteiger partial charge in [0.1, 0.15) is 0 Å². The van der Waals surface area contributed by atoms with Gasteiger partial charge in [0, 0.05) is 42.2 Å². The number of hydrogen-bond acceptors (Lipinski definition) is 2. The molecule has 1 spiro atoms. The van der Waals surface area contributed by atoms with Crippen molar-refractivity contribution >= 4 is 59.3 Å². The molecule has 2 heteroatoms. The second-order valence-corrected chi connectivity index (χ2v) is 17.4. The molecule has 1 aromatic heterocycles. The predicted molar refractivity (Wildman–Crippen MR) is 259 cm³/mol. The molecular formula is C59H37NS. The molecule has 0 bridgehead atoms. The number of nitrogens with zero attached hydrogens (tertiary/aromatic N) is 1. The Kier molecular flexibility index (Phi) is 7.46. The molecule has 0 saturated heterocycles. The molecule has 0 N–H and O–H groups in total. The molecule has 0 fully saturated rings. The first-order valence-electron chi connectivity index (χ1n) is 21.1. The Morgan fingerprint density at radius 3 is 1.57 bits per heavy atom. The van der Waals surface area contributed by atoms with Crippen LogP contribution in [0.5, 0.6) is 0 Å². The molecule has 0 unspecified atom stereocenters. The SMILES string of the molecule is c1ccc(-c2cccc(N(c3cccc4c3-c3ccccc3C43c4ccccc4-c4ccccc43)c3cc4c5cc(-c6ccccc6)ccc5sc4c4ccccc34)c2)cc1. The summed E-state index contributed by atoms with van der Waals surface area (Å²) in [6, 6.07) is 83.5. The van der Waals surface area contributed by atoms with Gasteiger partial charge in [0.05, 0.1) is 16.8 Å². The standard InChI is InChI=1S/C59H37NS/c1-3-17-38(18-4-1)40-21-15-22-42(35-40)60(55-37-49-48-36-41(39-19-5-2-6-20-39)33-34-56(48)61-58(49)46-26-8-7-25-45(46)55)54-32-16-31-53-57(54)47-27-11-14-30-52(47)59(53)50-28-12-9-23-43(50)44-24-10-13-29-51(44)59/h1-37H. The molecule has 0 aliphatic heterocycles. The van der Waals surface area contributed by atoms with Crippen molar-refractivity contribution in [2.75, 3.05) is 4.90 Å². The van der Waals surface area contributed by atoms with Crippen LogP contribution in [-0.2, 0) is 5.41 Å². The van der Waals surface area contributed by atoms with E-state index in [1.54, 1.807) is 0 Å². The number of fused-ring (bicyclic) bond motifs is 15. The molecule has 0 amide bonds. The topological polar surface area (TPSA) is 3.24 Å². The molecule has 1 nitrogen and oxygen atoms in total. The Bertz CT molecular complexity index is 3500. The summed E-state index contributed by atoms with van der Waals surface area (Å²) in [6.45, 7) is 0. The maximum atomic E-state index is 2.57. The smallest absolute Gasteiger partial charge is 0.0726 e. The molecule has 0 atom stereocenters. The van der Waals surface area contributed by atoms with E-state index in [-0.39, 0.29) is 0 Å². The fourth-order valence-corrected chi connectivity index (χ4v) is 11.9. The Morgan fingerprint density at radius 1 is 0.328 bits per heavy atom. The first kappa shape index (κ1) is 34.4. The van der Waals surface area contributed by atoms with Gasteiger partial charge in [0.2, 0.25) is 0 Å². The Balaban J connectivity index is 1.14. The van der Waals surface area contributed by atoms with Gasteiger partial charge in [-0.05, 0) is 97.6 Å². The normalized spacial score (nSPS) is 13.0. The second kappa shape index (κ2) is 13.2. The summed E-state index contributed by atoms with van der Waals surface area (Å²) in [4.78, 5) is 2.57. The lowest BCUT2D eigenvalue weighted by Gasteiger charge is -2.32. The lowest BCUT2D eigenvalue weighted by Crippen LogP contribution is -2.26. The minimum atomic E-state index is -0.448. The van der Waals surface area contributed by atoms with E-state index in [0.717, 1.165) is 11.4 Å². The van der Waals surface area contributed by atoms with E-state index in [4.69, 9.17) is 0 Å². The average Bonchev–Trinajstić information content (AvgIpc) is 3.97. The Labute approximate surface area is 359 Å². The predicted octanol–water partition coefficient (Wildman–Crippen LogP) is 16.4. The molecule has 10 aromatic carbocycles.